The Morgan fingerprint density at radius 3 is 2.71 bits per heavy atom. The third-order valence-electron chi connectivity index (χ3n) is 2.02. The van der Waals surface area contributed by atoms with Crippen molar-refractivity contribution in [1.82, 2.24) is 15.0 Å². The summed E-state index contributed by atoms with van der Waals surface area (Å²) in [5.41, 5.74) is 6.26. The van der Waals surface area contributed by atoms with Gasteiger partial charge in [-0.15, -0.1) is 0 Å². The van der Waals surface area contributed by atoms with Gasteiger partial charge in [-0.1, -0.05) is 23.4 Å². The first-order valence-corrected chi connectivity index (χ1v) is 6.25. The Hall–Kier alpha value is -1.53. The van der Waals surface area contributed by atoms with E-state index in [1.807, 2.05) is 6.26 Å². The van der Waals surface area contributed by atoms with Crippen molar-refractivity contribution < 1.29 is 5.11 Å². The summed E-state index contributed by atoms with van der Waals surface area (Å²) < 4.78 is 0. The minimum Gasteiger partial charge on any atom is -0.506 e. The number of hydrogen-bond donors (Lipinski definition) is 2. The van der Waals surface area contributed by atoms with Crippen LogP contribution in [0.25, 0.3) is 11.4 Å². The van der Waals surface area contributed by atoms with Crippen LogP contribution >= 0.6 is 23.4 Å². The van der Waals surface area contributed by atoms with Gasteiger partial charge in [0.2, 0.25) is 5.95 Å². The number of thioether (sulfide) groups is 1. The number of rotatable bonds is 2. The van der Waals surface area contributed by atoms with Gasteiger partial charge in [-0.2, -0.15) is 9.97 Å². The maximum atomic E-state index is 9.33. The van der Waals surface area contributed by atoms with Gasteiger partial charge in [-0.05, 0) is 24.5 Å². The van der Waals surface area contributed by atoms with Crippen molar-refractivity contribution in [1.29, 1.82) is 0 Å². The molecule has 1 aromatic carbocycles. The topological polar surface area (TPSA) is 84.9 Å². The molecule has 0 aliphatic rings. The summed E-state index contributed by atoms with van der Waals surface area (Å²) in [6.07, 6.45) is 1.85. The van der Waals surface area contributed by atoms with Gasteiger partial charge in [0.05, 0.1) is 5.02 Å². The highest BCUT2D eigenvalue weighted by molar-refractivity contribution is 7.98. The first-order valence-electron chi connectivity index (χ1n) is 4.64. The van der Waals surface area contributed by atoms with E-state index in [2.05, 4.69) is 15.0 Å². The molecule has 0 spiro atoms. The number of phenols is 1. The predicted molar refractivity (Wildman–Crippen MR) is 68.1 cm³/mol. The number of aromatic hydroxyl groups is 1. The van der Waals surface area contributed by atoms with E-state index in [0.29, 0.717) is 16.5 Å². The molecule has 0 saturated heterocycles. The normalized spacial score (nSPS) is 10.5. The van der Waals surface area contributed by atoms with Crippen LogP contribution in [0, 0.1) is 0 Å². The van der Waals surface area contributed by atoms with Crippen LogP contribution in [0.5, 0.6) is 5.75 Å². The highest BCUT2D eigenvalue weighted by Gasteiger charge is 2.08. The van der Waals surface area contributed by atoms with E-state index in [1.54, 1.807) is 12.1 Å². The average molecular weight is 269 g/mol. The van der Waals surface area contributed by atoms with Crippen molar-refractivity contribution in [3.05, 3.63) is 23.2 Å². The van der Waals surface area contributed by atoms with Crippen LogP contribution in [0.1, 0.15) is 0 Å². The number of nitrogens with two attached hydrogens (primary N) is 1. The molecule has 1 aromatic heterocycles. The number of halogens is 1. The van der Waals surface area contributed by atoms with Crippen molar-refractivity contribution in [3.8, 4) is 17.1 Å². The third kappa shape index (κ3) is 2.59. The Morgan fingerprint density at radius 1 is 1.29 bits per heavy atom. The van der Waals surface area contributed by atoms with Crippen molar-refractivity contribution >= 4 is 29.3 Å². The van der Waals surface area contributed by atoms with E-state index in [-0.39, 0.29) is 16.7 Å². The molecule has 0 fully saturated rings. The standard InChI is InChI=1S/C10H9ClN4OS/c1-17-10-14-8(13-9(12)15-10)5-2-3-7(16)6(11)4-5/h2-4,16H,1H3,(H2,12,13,14,15). The second kappa shape index (κ2) is 4.77. The number of nitrogens with zero attached hydrogens (tertiary/aromatic N) is 3. The Kier molecular flexibility index (Phi) is 3.35. The van der Waals surface area contributed by atoms with E-state index in [1.165, 1.54) is 17.8 Å². The van der Waals surface area contributed by atoms with Gasteiger partial charge in [0.1, 0.15) is 5.75 Å². The molecule has 0 unspecified atom stereocenters. The Labute approximate surface area is 107 Å². The molecule has 88 valence electrons. The highest BCUT2D eigenvalue weighted by Crippen LogP contribution is 2.28. The molecule has 5 nitrogen and oxygen atoms in total. The van der Waals surface area contributed by atoms with Crippen molar-refractivity contribution in [2.45, 2.75) is 5.16 Å². The van der Waals surface area contributed by atoms with Gasteiger partial charge in [-0.25, -0.2) is 4.98 Å². The van der Waals surface area contributed by atoms with Gasteiger partial charge in [0, 0.05) is 5.56 Å². The van der Waals surface area contributed by atoms with Crippen LogP contribution in [-0.2, 0) is 0 Å². The van der Waals surface area contributed by atoms with Crippen LogP contribution in [-0.4, -0.2) is 26.3 Å². The van der Waals surface area contributed by atoms with E-state index >= 15 is 0 Å². The zero-order valence-electron chi connectivity index (χ0n) is 8.88. The maximum Gasteiger partial charge on any atom is 0.224 e. The zero-order chi connectivity index (χ0) is 12.4. The molecule has 0 amide bonds. The van der Waals surface area contributed by atoms with E-state index in [0.717, 1.165) is 0 Å². The fourth-order valence-corrected chi connectivity index (χ4v) is 1.78. The number of aromatic nitrogens is 3. The largest absolute Gasteiger partial charge is 0.506 e. The Bertz CT molecular complexity index is 564. The zero-order valence-corrected chi connectivity index (χ0v) is 10.5. The number of hydrogen-bond acceptors (Lipinski definition) is 6. The monoisotopic (exact) mass is 268 g/mol. The molecule has 2 aromatic rings. The van der Waals surface area contributed by atoms with Crippen molar-refractivity contribution in [2.24, 2.45) is 0 Å². The van der Waals surface area contributed by atoms with E-state index in [9.17, 15) is 5.11 Å². The quantitative estimate of drug-likeness (QED) is 0.812. The number of phenolic OH excluding ortho intramolecular Hbond substituents is 1. The van der Waals surface area contributed by atoms with Gasteiger partial charge in [-0.3, -0.25) is 0 Å². The molecule has 0 bridgehead atoms. The molecule has 0 saturated carbocycles. The minimum absolute atomic E-state index is 0.0162. The van der Waals surface area contributed by atoms with Gasteiger partial charge >= 0.3 is 0 Å². The summed E-state index contributed by atoms with van der Waals surface area (Å²) in [4.78, 5) is 12.2. The van der Waals surface area contributed by atoms with Crippen LogP contribution < -0.4 is 5.73 Å². The lowest BCUT2D eigenvalue weighted by Crippen LogP contribution is -2.01. The molecule has 0 atom stereocenters. The Balaban J connectivity index is 2.52. The molecule has 1 heterocycles. The molecule has 17 heavy (non-hydrogen) atoms. The SMILES string of the molecule is CSc1nc(N)nc(-c2ccc(O)c(Cl)c2)n1. The molecule has 0 aliphatic heterocycles. The summed E-state index contributed by atoms with van der Waals surface area (Å²) in [7, 11) is 0. The van der Waals surface area contributed by atoms with Gasteiger partial charge in [0.25, 0.3) is 0 Å². The fourth-order valence-electron chi connectivity index (χ4n) is 1.24. The van der Waals surface area contributed by atoms with Crippen molar-refractivity contribution in [3.63, 3.8) is 0 Å². The van der Waals surface area contributed by atoms with Crippen LogP contribution in [0.4, 0.5) is 5.95 Å². The molecular formula is C10H9ClN4OS. The smallest absolute Gasteiger partial charge is 0.224 e. The summed E-state index contributed by atoms with van der Waals surface area (Å²) in [5, 5.41) is 10.1. The molecule has 3 N–H and O–H groups in total. The molecule has 7 heteroatoms. The summed E-state index contributed by atoms with van der Waals surface area (Å²) >= 11 is 7.19. The summed E-state index contributed by atoms with van der Waals surface area (Å²) in [6.45, 7) is 0. The van der Waals surface area contributed by atoms with E-state index in [4.69, 9.17) is 17.3 Å². The third-order valence-corrected chi connectivity index (χ3v) is 2.87. The lowest BCUT2D eigenvalue weighted by Gasteiger charge is -2.04. The van der Waals surface area contributed by atoms with Crippen molar-refractivity contribution in [2.75, 3.05) is 12.0 Å². The second-order valence-corrected chi connectivity index (χ2v) is 4.35. The number of benzene rings is 1. The maximum absolute atomic E-state index is 9.33. The summed E-state index contributed by atoms with van der Waals surface area (Å²) in [5.74, 6) is 0.606. The lowest BCUT2D eigenvalue weighted by molar-refractivity contribution is 0.475. The van der Waals surface area contributed by atoms with E-state index < -0.39 is 0 Å². The van der Waals surface area contributed by atoms with Gasteiger partial charge in [0.15, 0.2) is 11.0 Å². The van der Waals surface area contributed by atoms with Crippen LogP contribution in [0.15, 0.2) is 23.4 Å². The highest BCUT2D eigenvalue weighted by atomic mass is 35.5. The van der Waals surface area contributed by atoms with Gasteiger partial charge < -0.3 is 10.8 Å². The molecular weight excluding hydrogens is 260 g/mol. The average Bonchev–Trinajstić information content (AvgIpc) is 2.32. The second-order valence-electron chi connectivity index (χ2n) is 3.17. The first kappa shape index (κ1) is 11.9. The Morgan fingerprint density at radius 2 is 2.06 bits per heavy atom. The fraction of sp³-hybridized carbons (Fsp3) is 0.100. The number of nitrogen functional groups attached to an aromatic ring is 1. The lowest BCUT2D eigenvalue weighted by atomic mass is 10.2. The minimum atomic E-state index is 0.0162. The molecule has 0 radical (unpaired) electrons. The summed E-state index contributed by atoms with van der Waals surface area (Å²) in [6, 6.07) is 4.73. The first-order chi connectivity index (χ1) is 8.10. The molecule has 0 aliphatic carbocycles. The predicted octanol–water partition coefficient (Wildman–Crippen LogP) is 2.20. The van der Waals surface area contributed by atoms with Crippen LogP contribution in [0.3, 0.4) is 0 Å². The molecule has 2 rings (SSSR count). The number of anilines is 1. The van der Waals surface area contributed by atoms with Crippen LogP contribution in [0.2, 0.25) is 5.02 Å².